The van der Waals surface area contributed by atoms with E-state index in [1.165, 1.54) is 0 Å². The molecule has 0 bridgehead atoms. The van der Waals surface area contributed by atoms with E-state index in [-0.39, 0.29) is 12.6 Å². The van der Waals surface area contributed by atoms with E-state index in [1.54, 1.807) is 24.3 Å². The third-order valence-corrected chi connectivity index (χ3v) is 3.48. The highest BCUT2D eigenvalue weighted by Crippen LogP contribution is 2.23. The fourth-order valence-corrected chi connectivity index (χ4v) is 2.14. The van der Waals surface area contributed by atoms with Gasteiger partial charge in [-0.05, 0) is 36.3 Å². The minimum atomic E-state index is -0.411. The SMILES string of the molecule is Cc1ccc(-c2nc(NC(=O)COc3ccccc3Cl)no2)cc1. The van der Waals surface area contributed by atoms with Crippen LogP contribution in [-0.4, -0.2) is 22.7 Å². The molecule has 3 aromatic rings. The van der Waals surface area contributed by atoms with E-state index < -0.39 is 5.91 Å². The number of para-hydroxylation sites is 1. The molecule has 6 nitrogen and oxygen atoms in total. The van der Waals surface area contributed by atoms with Gasteiger partial charge in [-0.2, -0.15) is 4.98 Å². The first-order valence-electron chi connectivity index (χ1n) is 7.20. The highest BCUT2D eigenvalue weighted by atomic mass is 35.5. The van der Waals surface area contributed by atoms with E-state index in [1.807, 2.05) is 31.2 Å². The normalized spacial score (nSPS) is 10.4. The number of aryl methyl sites for hydroxylation is 1. The van der Waals surface area contributed by atoms with Crippen LogP contribution in [0.3, 0.4) is 0 Å². The van der Waals surface area contributed by atoms with Crippen LogP contribution in [0.5, 0.6) is 5.75 Å². The molecule has 2 aromatic carbocycles. The highest BCUT2D eigenvalue weighted by molar-refractivity contribution is 6.32. The standard InChI is InChI=1S/C17H14ClN3O3/c1-11-6-8-12(9-7-11)16-20-17(21-24-16)19-15(22)10-23-14-5-3-2-4-13(14)18/h2-9H,10H2,1H3,(H,19,21,22). The van der Waals surface area contributed by atoms with Gasteiger partial charge in [-0.25, -0.2) is 0 Å². The Morgan fingerprint density at radius 3 is 2.71 bits per heavy atom. The second kappa shape index (κ2) is 7.14. The van der Waals surface area contributed by atoms with Crippen molar-refractivity contribution in [3.8, 4) is 17.2 Å². The number of aromatic nitrogens is 2. The average Bonchev–Trinajstić information content (AvgIpc) is 3.03. The van der Waals surface area contributed by atoms with Crippen molar-refractivity contribution in [1.29, 1.82) is 0 Å². The van der Waals surface area contributed by atoms with Crippen molar-refractivity contribution in [2.24, 2.45) is 0 Å². The molecule has 0 saturated carbocycles. The zero-order chi connectivity index (χ0) is 16.9. The van der Waals surface area contributed by atoms with Crippen molar-refractivity contribution >= 4 is 23.5 Å². The van der Waals surface area contributed by atoms with Crippen molar-refractivity contribution in [2.75, 3.05) is 11.9 Å². The molecule has 0 aliphatic rings. The molecule has 1 amide bonds. The van der Waals surface area contributed by atoms with E-state index in [0.717, 1.165) is 11.1 Å². The van der Waals surface area contributed by atoms with Gasteiger partial charge in [-0.3, -0.25) is 10.1 Å². The number of benzene rings is 2. The number of anilines is 1. The van der Waals surface area contributed by atoms with Gasteiger partial charge in [0.05, 0.1) is 5.02 Å². The lowest BCUT2D eigenvalue weighted by atomic mass is 10.1. The van der Waals surface area contributed by atoms with Gasteiger partial charge in [0, 0.05) is 5.56 Å². The zero-order valence-corrected chi connectivity index (χ0v) is 13.6. The summed E-state index contributed by atoms with van der Waals surface area (Å²) < 4.78 is 10.5. The molecule has 0 unspecified atom stereocenters. The monoisotopic (exact) mass is 343 g/mol. The van der Waals surface area contributed by atoms with Gasteiger partial charge in [-0.15, -0.1) is 0 Å². The van der Waals surface area contributed by atoms with Crippen LogP contribution in [0.1, 0.15) is 5.56 Å². The number of ether oxygens (including phenoxy) is 1. The molecular formula is C17H14ClN3O3. The lowest BCUT2D eigenvalue weighted by Gasteiger charge is -2.06. The van der Waals surface area contributed by atoms with E-state index in [9.17, 15) is 4.79 Å². The third-order valence-electron chi connectivity index (χ3n) is 3.17. The van der Waals surface area contributed by atoms with Crippen LogP contribution in [0.2, 0.25) is 5.02 Å². The van der Waals surface area contributed by atoms with Gasteiger partial charge >= 0.3 is 0 Å². The Morgan fingerprint density at radius 2 is 1.96 bits per heavy atom. The summed E-state index contributed by atoms with van der Waals surface area (Å²) in [6.07, 6.45) is 0. The summed E-state index contributed by atoms with van der Waals surface area (Å²) in [4.78, 5) is 16.0. The first-order valence-corrected chi connectivity index (χ1v) is 7.57. The summed E-state index contributed by atoms with van der Waals surface area (Å²) in [5.41, 5.74) is 1.91. The predicted octanol–water partition coefficient (Wildman–Crippen LogP) is 3.72. The number of amides is 1. The molecule has 24 heavy (non-hydrogen) atoms. The van der Waals surface area contributed by atoms with Crippen molar-refractivity contribution in [2.45, 2.75) is 6.92 Å². The maximum absolute atomic E-state index is 11.9. The molecule has 1 N–H and O–H groups in total. The molecule has 3 rings (SSSR count). The largest absolute Gasteiger partial charge is 0.482 e. The lowest BCUT2D eigenvalue weighted by Crippen LogP contribution is -2.20. The predicted molar refractivity (Wildman–Crippen MR) is 90.0 cm³/mol. The van der Waals surface area contributed by atoms with Crippen molar-refractivity contribution < 1.29 is 14.1 Å². The first-order chi connectivity index (χ1) is 11.6. The van der Waals surface area contributed by atoms with Crippen molar-refractivity contribution in [1.82, 2.24) is 10.1 Å². The summed E-state index contributed by atoms with van der Waals surface area (Å²) in [7, 11) is 0. The van der Waals surface area contributed by atoms with Crippen LogP contribution >= 0.6 is 11.6 Å². The Labute approximate surface area is 143 Å². The Hall–Kier alpha value is -2.86. The summed E-state index contributed by atoms with van der Waals surface area (Å²) in [6.45, 7) is 1.78. The third kappa shape index (κ3) is 3.91. The van der Waals surface area contributed by atoms with Crippen molar-refractivity contribution in [3.05, 3.63) is 59.1 Å². The molecule has 7 heteroatoms. The number of carbonyl (C=O) groups excluding carboxylic acids is 1. The summed E-state index contributed by atoms with van der Waals surface area (Å²) in [5, 5.41) is 6.67. The van der Waals surface area contributed by atoms with Crippen LogP contribution < -0.4 is 10.1 Å². The minimum absolute atomic E-state index is 0.0818. The first kappa shape index (κ1) is 16.0. The van der Waals surface area contributed by atoms with Crippen LogP contribution in [0.15, 0.2) is 53.1 Å². The molecule has 122 valence electrons. The maximum Gasteiger partial charge on any atom is 0.270 e. The van der Waals surface area contributed by atoms with Gasteiger partial charge in [0.1, 0.15) is 5.75 Å². The minimum Gasteiger partial charge on any atom is -0.482 e. The van der Waals surface area contributed by atoms with Crippen LogP contribution in [0.25, 0.3) is 11.5 Å². The molecule has 0 fully saturated rings. The summed E-state index contributed by atoms with van der Waals surface area (Å²) in [5.74, 6) is 0.435. The summed E-state index contributed by atoms with van der Waals surface area (Å²) in [6, 6.07) is 14.5. The van der Waals surface area contributed by atoms with E-state index >= 15 is 0 Å². The number of rotatable bonds is 5. The quantitative estimate of drug-likeness (QED) is 0.764. The zero-order valence-electron chi connectivity index (χ0n) is 12.8. The van der Waals surface area contributed by atoms with Crippen LogP contribution in [0, 0.1) is 6.92 Å². The highest BCUT2D eigenvalue weighted by Gasteiger charge is 2.12. The van der Waals surface area contributed by atoms with Gasteiger partial charge in [-0.1, -0.05) is 41.4 Å². The van der Waals surface area contributed by atoms with E-state index in [2.05, 4.69) is 15.5 Å². The fourth-order valence-electron chi connectivity index (χ4n) is 1.95. The molecular weight excluding hydrogens is 330 g/mol. The molecule has 0 aliphatic carbocycles. The van der Waals surface area contributed by atoms with E-state index in [4.69, 9.17) is 20.9 Å². The lowest BCUT2D eigenvalue weighted by molar-refractivity contribution is -0.118. The molecule has 1 heterocycles. The Morgan fingerprint density at radius 1 is 1.21 bits per heavy atom. The number of halogens is 1. The van der Waals surface area contributed by atoms with Gasteiger partial charge in [0.25, 0.3) is 17.7 Å². The van der Waals surface area contributed by atoms with Crippen molar-refractivity contribution in [3.63, 3.8) is 0 Å². The molecule has 1 aromatic heterocycles. The molecule has 0 saturated heterocycles. The Balaban J connectivity index is 1.59. The average molecular weight is 344 g/mol. The number of hydrogen-bond donors (Lipinski definition) is 1. The fraction of sp³-hybridized carbons (Fsp3) is 0.118. The smallest absolute Gasteiger partial charge is 0.270 e. The maximum atomic E-state index is 11.9. The summed E-state index contributed by atoms with van der Waals surface area (Å²) >= 11 is 5.95. The number of nitrogens with one attached hydrogen (secondary N) is 1. The topological polar surface area (TPSA) is 77.2 Å². The van der Waals surface area contributed by atoms with E-state index in [0.29, 0.717) is 16.7 Å². The Bertz CT molecular complexity index is 846. The second-order valence-electron chi connectivity index (χ2n) is 5.06. The number of hydrogen-bond acceptors (Lipinski definition) is 5. The van der Waals surface area contributed by atoms with Gasteiger partial charge < -0.3 is 9.26 Å². The second-order valence-corrected chi connectivity index (χ2v) is 5.46. The number of nitrogens with zero attached hydrogens (tertiary/aromatic N) is 2. The number of carbonyl (C=O) groups is 1. The van der Waals surface area contributed by atoms with Gasteiger partial charge in [0.2, 0.25) is 0 Å². The Kier molecular flexibility index (Phi) is 4.77. The molecule has 0 radical (unpaired) electrons. The molecule has 0 aliphatic heterocycles. The van der Waals surface area contributed by atoms with Crippen LogP contribution in [-0.2, 0) is 4.79 Å². The van der Waals surface area contributed by atoms with Gasteiger partial charge in [0.15, 0.2) is 6.61 Å². The molecule has 0 spiro atoms. The van der Waals surface area contributed by atoms with Crippen LogP contribution in [0.4, 0.5) is 5.95 Å². The molecule has 0 atom stereocenters.